The Bertz CT molecular complexity index is 484. The Balaban J connectivity index is 0.00000288. The number of nitrogens with zero attached hydrogens (tertiary/aromatic N) is 1. The molecule has 1 saturated heterocycles. The summed E-state index contributed by atoms with van der Waals surface area (Å²) in [7, 11) is 1.57. The molecule has 4 N–H and O–H groups in total. The van der Waals surface area contributed by atoms with Crippen LogP contribution in [0.1, 0.15) is 45.4 Å². The highest BCUT2D eigenvalue weighted by Crippen LogP contribution is 2.31. The Hall–Kier alpha value is -1.34. The number of carbonyl (C=O) groups is 3. The maximum Gasteiger partial charge on any atom is 0.242 e. The van der Waals surface area contributed by atoms with Gasteiger partial charge in [-0.3, -0.25) is 14.4 Å². The Morgan fingerprint density at radius 2 is 1.88 bits per heavy atom. The van der Waals surface area contributed by atoms with Gasteiger partial charge in [-0.25, -0.2) is 0 Å². The zero-order valence-electron chi connectivity index (χ0n) is 14.5. The first-order valence-corrected chi connectivity index (χ1v) is 8.44. The molecule has 1 aliphatic heterocycles. The number of nitrogens with two attached hydrogens (primary N) is 1. The average Bonchev–Trinajstić information content (AvgIpc) is 3.00. The number of halogens is 1. The first-order chi connectivity index (χ1) is 10.9. The predicted octanol–water partition coefficient (Wildman–Crippen LogP) is 0.169. The Kier molecular flexibility index (Phi) is 7.48. The van der Waals surface area contributed by atoms with Crippen LogP contribution in [0.25, 0.3) is 0 Å². The van der Waals surface area contributed by atoms with Crippen molar-refractivity contribution in [2.45, 2.75) is 57.0 Å². The fourth-order valence-corrected chi connectivity index (χ4v) is 3.68. The van der Waals surface area contributed by atoms with E-state index in [4.69, 9.17) is 5.73 Å². The van der Waals surface area contributed by atoms with Gasteiger partial charge in [0.1, 0.15) is 6.04 Å². The summed E-state index contributed by atoms with van der Waals surface area (Å²) >= 11 is 0. The van der Waals surface area contributed by atoms with Gasteiger partial charge in [0.2, 0.25) is 17.7 Å². The van der Waals surface area contributed by atoms with Gasteiger partial charge in [-0.2, -0.15) is 0 Å². The maximum absolute atomic E-state index is 12.4. The van der Waals surface area contributed by atoms with Gasteiger partial charge in [-0.15, -0.1) is 12.4 Å². The smallest absolute Gasteiger partial charge is 0.242 e. The van der Waals surface area contributed by atoms with Crippen LogP contribution in [0.4, 0.5) is 0 Å². The summed E-state index contributed by atoms with van der Waals surface area (Å²) in [5, 5.41) is 5.30. The summed E-state index contributed by atoms with van der Waals surface area (Å²) in [5.74, 6) is -0.765. The lowest BCUT2D eigenvalue weighted by atomic mass is 9.74. The summed E-state index contributed by atoms with van der Waals surface area (Å²) in [6.07, 6.45) is 5.09. The molecule has 0 aromatic carbocycles. The van der Waals surface area contributed by atoms with Gasteiger partial charge in [0.25, 0.3) is 0 Å². The Morgan fingerprint density at radius 3 is 2.50 bits per heavy atom. The van der Waals surface area contributed by atoms with Gasteiger partial charge in [-0.05, 0) is 32.6 Å². The first-order valence-electron chi connectivity index (χ1n) is 8.44. The minimum atomic E-state index is -0.510. The number of hydrogen-bond donors (Lipinski definition) is 3. The molecule has 24 heavy (non-hydrogen) atoms. The molecule has 1 aliphatic carbocycles. The van der Waals surface area contributed by atoms with Crippen LogP contribution in [0.2, 0.25) is 0 Å². The van der Waals surface area contributed by atoms with Gasteiger partial charge in [-0.1, -0.05) is 12.8 Å². The number of amides is 3. The van der Waals surface area contributed by atoms with E-state index in [1.165, 1.54) is 0 Å². The molecule has 0 bridgehead atoms. The topological polar surface area (TPSA) is 105 Å². The summed E-state index contributed by atoms with van der Waals surface area (Å²) in [6.45, 7) is 2.39. The Labute approximate surface area is 149 Å². The van der Waals surface area contributed by atoms with Crippen molar-refractivity contribution in [3.05, 3.63) is 0 Å². The molecule has 3 amide bonds. The minimum absolute atomic E-state index is 0. The highest BCUT2D eigenvalue weighted by Gasteiger charge is 2.38. The predicted molar refractivity (Wildman–Crippen MR) is 93.6 cm³/mol. The molecule has 138 valence electrons. The van der Waals surface area contributed by atoms with Crippen LogP contribution >= 0.6 is 12.4 Å². The van der Waals surface area contributed by atoms with E-state index in [0.717, 1.165) is 32.1 Å². The molecule has 8 heteroatoms. The normalized spacial score (nSPS) is 29.5. The SMILES string of the molecule is CNC(=O)C1CCCN1C(=O)CNC(=O)C1CCCCC1(C)N.Cl. The monoisotopic (exact) mass is 360 g/mol. The van der Waals surface area contributed by atoms with Gasteiger partial charge in [0.05, 0.1) is 12.5 Å². The molecular weight excluding hydrogens is 332 g/mol. The second-order valence-electron chi connectivity index (χ2n) is 6.88. The van der Waals surface area contributed by atoms with Crippen molar-refractivity contribution in [1.29, 1.82) is 0 Å². The zero-order chi connectivity index (χ0) is 17.0. The molecule has 2 aliphatic rings. The lowest BCUT2D eigenvalue weighted by Gasteiger charge is -2.37. The molecule has 2 rings (SSSR count). The van der Waals surface area contributed by atoms with Crippen molar-refractivity contribution < 1.29 is 14.4 Å². The standard InChI is InChI=1S/C16H28N4O3.ClH/c1-16(17)8-4-3-6-11(16)14(22)19-10-13(21)20-9-5-7-12(20)15(23)18-2;/h11-12H,3-10,17H2,1-2H3,(H,18,23)(H,19,22);1H. The van der Waals surface area contributed by atoms with E-state index in [9.17, 15) is 14.4 Å². The number of rotatable bonds is 4. The lowest BCUT2D eigenvalue weighted by molar-refractivity contribution is -0.139. The zero-order valence-corrected chi connectivity index (χ0v) is 15.3. The molecule has 1 saturated carbocycles. The van der Waals surface area contributed by atoms with Gasteiger partial charge < -0.3 is 21.3 Å². The van der Waals surface area contributed by atoms with Crippen molar-refractivity contribution >= 4 is 30.1 Å². The number of carbonyl (C=O) groups excluding carboxylic acids is 3. The summed E-state index contributed by atoms with van der Waals surface area (Å²) < 4.78 is 0. The summed E-state index contributed by atoms with van der Waals surface area (Å²) in [4.78, 5) is 38.0. The second kappa shape index (κ2) is 8.67. The highest BCUT2D eigenvalue weighted by atomic mass is 35.5. The van der Waals surface area contributed by atoms with Crippen molar-refractivity contribution in [3.63, 3.8) is 0 Å². The van der Waals surface area contributed by atoms with Crippen LogP contribution < -0.4 is 16.4 Å². The van der Waals surface area contributed by atoms with Gasteiger partial charge in [0, 0.05) is 19.1 Å². The van der Waals surface area contributed by atoms with Crippen LogP contribution in [-0.4, -0.2) is 54.3 Å². The van der Waals surface area contributed by atoms with Crippen molar-refractivity contribution in [1.82, 2.24) is 15.5 Å². The van der Waals surface area contributed by atoms with Gasteiger partial charge in [0.15, 0.2) is 0 Å². The third-order valence-corrected chi connectivity index (χ3v) is 5.11. The van der Waals surface area contributed by atoms with E-state index in [1.54, 1.807) is 11.9 Å². The van der Waals surface area contributed by atoms with Crippen LogP contribution in [0.5, 0.6) is 0 Å². The molecular formula is C16H29ClN4O3. The van der Waals surface area contributed by atoms with E-state index in [2.05, 4.69) is 10.6 Å². The molecule has 2 fully saturated rings. The van der Waals surface area contributed by atoms with Gasteiger partial charge >= 0.3 is 0 Å². The van der Waals surface area contributed by atoms with E-state index >= 15 is 0 Å². The van der Waals surface area contributed by atoms with E-state index in [-0.39, 0.29) is 42.6 Å². The third kappa shape index (κ3) is 4.60. The van der Waals surface area contributed by atoms with Crippen molar-refractivity contribution in [2.75, 3.05) is 20.1 Å². The third-order valence-electron chi connectivity index (χ3n) is 5.11. The van der Waals surface area contributed by atoms with E-state index < -0.39 is 11.6 Å². The first kappa shape index (κ1) is 20.7. The second-order valence-corrected chi connectivity index (χ2v) is 6.88. The number of likely N-dealkylation sites (tertiary alicyclic amines) is 1. The molecule has 0 spiro atoms. The largest absolute Gasteiger partial charge is 0.357 e. The molecule has 3 atom stereocenters. The fourth-order valence-electron chi connectivity index (χ4n) is 3.68. The summed E-state index contributed by atoms with van der Waals surface area (Å²) in [5.41, 5.74) is 5.71. The quantitative estimate of drug-likeness (QED) is 0.664. The molecule has 0 radical (unpaired) electrons. The number of nitrogens with one attached hydrogen (secondary N) is 2. The lowest BCUT2D eigenvalue weighted by Crippen LogP contribution is -2.54. The molecule has 1 heterocycles. The van der Waals surface area contributed by atoms with Crippen LogP contribution in [0.15, 0.2) is 0 Å². The Morgan fingerprint density at radius 1 is 1.17 bits per heavy atom. The van der Waals surface area contributed by atoms with Crippen molar-refractivity contribution in [2.24, 2.45) is 11.7 Å². The van der Waals surface area contributed by atoms with E-state index in [1.807, 2.05) is 6.92 Å². The number of hydrogen-bond acceptors (Lipinski definition) is 4. The maximum atomic E-state index is 12.4. The van der Waals surface area contributed by atoms with Crippen LogP contribution in [0.3, 0.4) is 0 Å². The highest BCUT2D eigenvalue weighted by molar-refractivity contribution is 5.91. The van der Waals surface area contributed by atoms with Crippen LogP contribution in [-0.2, 0) is 14.4 Å². The molecule has 3 unspecified atom stereocenters. The molecule has 0 aromatic rings. The van der Waals surface area contributed by atoms with E-state index in [0.29, 0.717) is 13.0 Å². The minimum Gasteiger partial charge on any atom is -0.357 e. The average molecular weight is 361 g/mol. The fraction of sp³-hybridized carbons (Fsp3) is 0.812. The molecule has 0 aromatic heterocycles. The van der Waals surface area contributed by atoms with Crippen LogP contribution in [0, 0.1) is 5.92 Å². The van der Waals surface area contributed by atoms with Crippen molar-refractivity contribution in [3.8, 4) is 0 Å². The molecule has 7 nitrogen and oxygen atoms in total. The summed E-state index contributed by atoms with van der Waals surface area (Å²) in [6, 6.07) is -0.418. The number of likely N-dealkylation sites (N-methyl/N-ethyl adjacent to an activating group) is 1.